The molecule has 2 N–H and O–H groups in total. The van der Waals surface area contributed by atoms with Crippen molar-refractivity contribution in [3.63, 3.8) is 0 Å². The number of hydrogen-bond acceptors (Lipinski definition) is 4. The zero-order valence-electron chi connectivity index (χ0n) is 18.5. The molecule has 2 heterocycles. The van der Waals surface area contributed by atoms with Crippen LogP contribution in [0.15, 0.2) is 39.8 Å². The van der Waals surface area contributed by atoms with E-state index in [1.54, 1.807) is 7.05 Å². The molecule has 1 aromatic carbocycles. The van der Waals surface area contributed by atoms with E-state index in [4.69, 9.17) is 4.52 Å². The normalized spacial score (nSPS) is 14.3. The molecule has 0 saturated heterocycles. The Labute approximate surface area is 197 Å². The molecule has 0 spiro atoms. The highest BCUT2D eigenvalue weighted by molar-refractivity contribution is 14.0. The van der Waals surface area contributed by atoms with Gasteiger partial charge in [0.1, 0.15) is 0 Å². The molecule has 6 nitrogen and oxygen atoms in total. The minimum atomic E-state index is 0. The third-order valence-corrected chi connectivity index (χ3v) is 5.79. The minimum Gasteiger partial charge on any atom is -0.359 e. The van der Waals surface area contributed by atoms with E-state index in [0.29, 0.717) is 12.5 Å². The molecule has 2 aromatic rings. The Morgan fingerprint density at radius 2 is 1.97 bits per heavy atom. The van der Waals surface area contributed by atoms with Gasteiger partial charge in [-0.2, -0.15) is 0 Å². The van der Waals surface area contributed by atoms with Gasteiger partial charge in [-0.05, 0) is 36.8 Å². The molecule has 0 atom stereocenters. The van der Waals surface area contributed by atoms with E-state index in [1.807, 2.05) is 0 Å². The van der Waals surface area contributed by atoms with Crippen molar-refractivity contribution in [3.05, 3.63) is 52.9 Å². The van der Waals surface area contributed by atoms with E-state index in [9.17, 15) is 0 Å². The Morgan fingerprint density at radius 3 is 2.70 bits per heavy atom. The van der Waals surface area contributed by atoms with Gasteiger partial charge in [-0.1, -0.05) is 43.3 Å². The molecule has 1 aliphatic rings. The standard InChI is InChI=1S/C23H35N5O.HI/c1-4-18(5-2)22-15-21(29-27-22)16-26-23(24-3)25-12-8-13-28-14-11-19-9-6-7-10-20(19)17-28;/h6-7,9-10,15,18H,4-5,8,11-14,16-17H2,1-3H3,(H2,24,25,26);1H. The van der Waals surface area contributed by atoms with Gasteiger partial charge in [0.05, 0.1) is 12.2 Å². The van der Waals surface area contributed by atoms with Crippen LogP contribution >= 0.6 is 24.0 Å². The number of nitrogens with zero attached hydrogens (tertiary/aromatic N) is 3. The van der Waals surface area contributed by atoms with Crippen LogP contribution in [0.25, 0.3) is 0 Å². The molecule has 0 fully saturated rings. The molecule has 1 aromatic heterocycles. The van der Waals surface area contributed by atoms with Crippen LogP contribution in [0.3, 0.4) is 0 Å². The number of guanidine groups is 1. The highest BCUT2D eigenvalue weighted by Crippen LogP contribution is 2.22. The molecule has 30 heavy (non-hydrogen) atoms. The number of rotatable bonds is 9. The van der Waals surface area contributed by atoms with Gasteiger partial charge in [-0.15, -0.1) is 24.0 Å². The van der Waals surface area contributed by atoms with E-state index in [2.05, 4.69) is 69.9 Å². The SMILES string of the molecule is CCC(CC)c1cc(CNC(=NC)NCCCN2CCc3ccccc3C2)on1.I. The van der Waals surface area contributed by atoms with Crippen LogP contribution in [0, 0.1) is 0 Å². The van der Waals surface area contributed by atoms with Crippen molar-refractivity contribution in [2.45, 2.75) is 58.5 Å². The summed E-state index contributed by atoms with van der Waals surface area (Å²) in [5.41, 5.74) is 4.04. The molecular weight excluding hydrogens is 489 g/mol. The van der Waals surface area contributed by atoms with Crippen LogP contribution in [-0.4, -0.2) is 42.7 Å². The Bertz CT molecular complexity index is 787. The summed E-state index contributed by atoms with van der Waals surface area (Å²) in [5.74, 6) is 2.13. The fourth-order valence-electron chi connectivity index (χ4n) is 3.96. The van der Waals surface area contributed by atoms with Crippen molar-refractivity contribution >= 4 is 29.9 Å². The Balaban J connectivity index is 0.00000320. The van der Waals surface area contributed by atoms with Crippen molar-refractivity contribution in [2.75, 3.05) is 26.7 Å². The summed E-state index contributed by atoms with van der Waals surface area (Å²) in [6.45, 7) is 9.17. The predicted octanol–water partition coefficient (Wildman–Crippen LogP) is 4.31. The summed E-state index contributed by atoms with van der Waals surface area (Å²) in [7, 11) is 1.80. The highest BCUT2D eigenvalue weighted by Gasteiger charge is 2.15. The fourth-order valence-corrected chi connectivity index (χ4v) is 3.96. The third kappa shape index (κ3) is 6.97. The van der Waals surface area contributed by atoms with Gasteiger partial charge in [-0.25, -0.2) is 0 Å². The first-order valence-corrected chi connectivity index (χ1v) is 10.9. The van der Waals surface area contributed by atoms with E-state index in [0.717, 1.165) is 69.3 Å². The van der Waals surface area contributed by atoms with Gasteiger partial charge in [-0.3, -0.25) is 9.89 Å². The number of benzene rings is 1. The van der Waals surface area contributed by atoms with E-state index in [-0.39, 0.29) is 24.0 Å². The van der Waals surface area contributed by atoms with Gasteiger partial charge < -0.3 is 15.2 Å². The number of fused-ring (bicyclic) bond motifs is 1. The third-order valence-electron chi connectivity index (χ3n) is 5.79. The largest absolute Gasteiger partial charge is 0.359 e. The molecule has 0 radical (unpaired) electrons. The summed E-state index contributed by atoms with van der Waals surface area (Å²) in [4.78, 5) is 6.85. The maximum atomic E-state index is 5.48. The van der Waals surface area contributed by atoms with Crippen LogP contribution < -0.4 is 10.6 Å². The Kier molecular flexibility index (Phi) is 10.6. The van der Waals surface area contributed by atoms with Crippen molar-refractivity contribution < 1.29 is 4.52 Å². The van der Waals surface area contributed by atoms with Crippen LogP contribution in [0.1, 0.15) is 61.6 Å². The molecule has 0 amide bonds. The first-order valence-electron chi connectivity index (χ1n) is 10.9. The Hall–Kier alpha value is -1.61. The fraction of sp³-hybridized carbons (Fsp3) is 0.565. The monoisotopic (exact) mass is 525 g/mol. The second-order valence-electron chi connectivity index (χ2n) is 7.73. The lowest BCUT2D eigenvalue weighted by atomic mass is 9.99. The number of nitrogens with one attached hydrogen (secondary N) is 2. The van der Waals surface area contributed by atoms with Crippen molar-refractivity contribution in [1.29, 1.82) is 0 Å². The maximum Gasteiger partial charge on any atom is 0.191 e. The van der Waals surface area contributed by atoms with Crippen LogP contribution in [0.2, 0.25) is 0 Å². The lowest BCUT2D eigenvalue weighted by molar-refractivity contribution is 0.251. The number of halogens is 1. The van der Waals surface area contributed by atoms with Crippen LogP contribution in [-0.2, 0) is 19.5 Å². The average Bonchev–Trinajstić information content (AvgIpc) is 3.22. The zero-order chi connectivity index (χ0) is 20.5. The van der Waals surface area contributed by atoms with Crippen molar-refractivity contribution in [3.8, 4) is 0 Å². The minimum absolute atomic E-state index is 0. The highest BCUT2D eigenvalue weighted by atomic mass is 127. The first-order chi connectivity index (χ1) is 14.2. The van der Waals surface area contributed by atoms with Crippen LogP contribution in [0.4, 0.5) is 0 Å². The van der Waals surface area contributed by atoms with Crippen molar-refractivity contribution in [1.82, 2.24) is 20.7 Å². The van der Waals surface area contributed by atoms with Gasteiger partial charge in [0.15, 0.2) is 11.7 Å². The number of aliphatic imine (C=N–C) groups is 1. The summed E-state index contributed by atoms with van der Waals surface area (Å²) in [5, 5.41) is 10.9. The van der Waals surface area contributed by atoms with E-state index < -0.39 is 0 Å². The zero-order valence-corrected chi connectivity index (χ0v) is 20.8. The molecule has 1 aliphatic heterocycles. The van der Waals surface area contributed by atoms with Crippen molar-refractivity contribution in [2.24, 2.45) is 4.99 Å². The molecule has 0 aliphatic carbocycles. The summed E-state index contributed by atoms with van der Waals surface area (Å²) < 4.78 is 5.48. The second kappa shape index (κ2) is 12.9. The quantitative estimate of drug-likeness (QED) is 0.221. The molecular formula is C23H36IN5O. The molecule has 0 unspecified atom stereocenters. The molecule has 0 saturated carbocycles. The molecule has 166 valence electrons. The predicted molar refractivity (Wildman–Crippen MR) is 133 cm³/mol. The lowest BCUT2D eigenvalue weighted by Crippen LogP contribution is -2.39. The maximum absolute atomic E-state index is 5.48. The number of hydrogen-bond donors (Lipinski definition) is 2. The molecule has 0 bridgehead atoms. The topological polar surface area (TPSA) is 65.7 Å². The van der Waals surface area contributed by atoms with Gasteiger partial charge in [0.25, 0.3) is 0 Å². The Morgan fingerprint density at radius 1 is 1.20 bits per heavy atom. The summed E-state index contributed by atoms with van der Waals surface area (Å²) >= 11 is 0. The van der Waals surface area contributed by atoms with E-state index >= 15 is 0 Å². The van der Waals surface area contributed by atoms with Gasteiger partial charge in [0, 0.05) is 45.2 Å². The summed E-state index contributed by atoms with van der Waals surface area (Å²) in [6.07, 6.45) is 4.41. The smallest absolute Gasteiger partial charge is 0.191 e. The summed E-state index contributed by atoms with van der Waals surface area (Å²) in [6, 6.07) is 10.9. The van der Waals surface area contributed by atoms with E-state index in [1.165, 1.54) is 11.1 Å². The average molecular weight is 525 g/mol. The molecule has 7 heteroatoms. The number of aromatic nitrogens is 1. The molecule has 3 rings (SSSR count). The van der Waals surface area contributed by atoms with Gasteiger partial charge >= 0.3 is 0 Å². The van der Waals surface area contributed by atoms with Gasteiger partial charge in [0.2, 0.25) is 0 Å². The first kappa shape index (κ1) is 24.7. The van der Waals surface area contributed by atoms with Crippen LogP contribution in [0.5, 0.6) is 0 Å². The lowest BCUT2D eigenvalue weighted by Gasteiger charge is -2.28. The second-order valence-corrected chi connectivity index (χ2v) is 7.73.